The van der Waals surface area contributed by atoms with Gasteiger partial charge in [-0.2, -0.15) is 0 Å². The summed E-state index contributed by atoms with van der Waals surface area (Å²) in [4.78, 5) is 25.3. The number of carbonyl (C=O) groups excluding carboxylic acids is 2. The highest BCUT2D eigenvalue weighted by atomic mass is 16.2. The van der Waals surface area contributed by atoms with Gasteiger partial charge in [-0.05, 0) is 25.7 Å². The van der Waals surface area contributed by atoms with Gasteiger partial charge in [0.25, 0.3) is 5.91 Å². The molecular weight excluding hydrogens is 218 g/mol. The number of imide groups is 1. The smallest absolute Gasteiger partial charge is 0.302 e. The topological polar surface area (TPSA) is 45.1 Å². The lowest BCUT2D eigenvalue weighted by atomic mass is 10.2. The van der Waals surface area contributed by atoms with Gasteiger partial charge in [-0.15, -0.1) is 0 Å². The molecule has 0 aromatic heterocycles. The van der Waals surface area contributed by atoms with Crippen molar-refractivity contribution in [2.24, 2.45) is 0 Å². The number of likely N-dealkylation sites (tertiary alicyclic amines) is 1. The summed E-state index contributed by atoms with van der Waals surface area (Å²) in [6.45, 7) is 2.07. The summed E-state index contributed by atoms with van der Waals surface area (Å²) in [6.07, 6.45) is 5.25. The van der Waals surface area contributed by atoms with E-state index in [1.807, 2.05) is 0 Å². The highest BCUT2D eigenvalue weighted by molar-refractivity contribution is 6.04. The molecule has 17 heavy (non-hydrogen) atoms. The number of hydrogen-bond acceptors (Lipinski definition) is 3. The van der Waals surface area contributed by atoms with E-state index < -0.39 is 0 Å². The molecule has 0 saturated carbocycles. The number of amides is 2. The summed E-state index contributed by atoms with van der Waals surface area (Å²) < 4.78 is 0. The van der Waals surface area contributed by atoms with Gasteiger partial charge in [0.15, 0.2) is 6.04 Å². The standard InChI is InChI=1S/C12H21N3O2/c1-13(2)15-11(16)9-10(12(15)17)14-7-5-3-4-6-8-14/h10H,3-9H2,1-2H3/p+1. The fraction of sp³-hybridized carbons (Fsp3) is 0.833. The molecule has 2 rings (SSSR count). The van der Waals surface area contributed by atoms with Crippen LogP contribution >= 0.6 is 0 Å². The molecule has 0 aromatic rings. The molecule has 2 fully saturated rings. The van der Waals surface area contributed by atoms with Crippen molar-refractivity contribution in [1.82, 2.24) is 10.0 Å². The number of hydrogen-bond donors (Lipinski definition) is 1. The van der Waals surface area contributed by atoms with E-state index in [9.17, 15) is 9.59 Å². The second-order valence-corrected chi connectivity index (χ2v) is 5.22. The lowest BCUT2D eigenvalue weighted by molar-refractivity contribution is -0.914. The first-order valence-corrected chi connectivity index (χ1v) is 6.50. The Labute approximate surface area is 102 Å². The van der Waals surface area contributed by atoms with Crippen LogP contribution in [0.4, 0.5) is 0 Å². The lowest BCUT2D eigenvalue weighted by Crippen LogP contribution is -3.16. The van der Waals surface area contributed by atoms with E-state index in [0.717, 1.165) is 13.1 Å². The van der Waals surface area contributed by atoms with E-state index in [2.05, 4.69) is 0 Å². The van der Waals surface area contributed by atoms with Crippen LogP contribution in [0.5, 0.6) is 0 Å². The minimum Gasteiger partial charge on any atom is -0.324 e. The van der Waals surface area contributed by atoms with E-state index >= 15 is 0 Å². The molecule has 0 spiro atoms. The first-order valence-electron chi connectivity index (χ1n) is 6.50. The molecular formula is C12H22N3O2+. The van der Waals surface area contributed by atoms with Crippen LogP contribution < -0.4 is 4.90 Å². The van der Waals surface area contributed by atoms with Gasteiger partial charge in [0.05, 0.1) is 19.5 Å². The van der Waals surface area contributed by atoms with Crippen molar-refractivity contribution in [2.45, 2.75) is 38.1 Å². The van der Waals surface area contributed by atoms with Gasteiger partial charge in [0.1, 0.15) is 0 Å². The van der Waals surface area contributed by atoms with Gasteiger partial charge in [-0.25, -0.2) is 10.0 Å². The summed E-state index contributed by atoms with van der Waals surface area (Å²) in [5, 5.41) is 2.89. The summed E-state index contributed by atoms with van der Waals surface area (Å²) in [7, 11) is 3.49. The number of nitrogens with zero attached hydrogens (tertiary/aromatic N) is 2. The third kappa shape index (κ3) is 2.50. The molecule has 0 aromatic carbocycles. The normalized spacial score (nSPS) is 27.9. The Morgan fingerprint density at radius 1 is 1.12 bits per heavy atom. The van der Waals surface area contributed by atoms with Crippen molar-refractivity contribution >= 4 is 11.8 Å². The summed E-state index contributed by atoms with van der Waals surface area (Å²) >= 11 is 0. The molecule has 1 unspecified atom stereocenters. The number of hydrazine groups is 1. The molecule has 0 aliphatic carbocycles. The highest BCUT2D eigenvalue weighted by Gasteiger charge is 2.46. The Morgan fingerprint density at radius 3 is 2.18 bits per heavy atom. The van der Waals surface area contributed by atoms with E-state index in [0.29, 0.717) is 6.42 Å². The van der Waals surface area contributed by atoms with Gasteiger partial charge in [-0.3, -0.25) is 9.59 Å². The van der Waals surface area contributed by atoms with Crippen LogP contribution in [0.15, 0.2) is 0 Å². The van der Waals surface area contributed by atoms with Crippen LogP contribution in [0, 0.1) is 0 Å². The Balaban J connectivity index is 2.07. The fourth-order valence-corrected chi connectivity index (χ4v) is 2.89. The Morgan fingerprint density at radius 2 is 1.71 bits per heavy atom. The maximum atomic E-state index is 12.2. The molecule has 96 valence electrons. The zero-order valence-electron chi connectivity index (χ0n) is 10.7. The zero-order valence-corrected chi connectivity index (χ0v) is 10.7. The lowest BCUT2D eigenvalue weighted by Gasteiger charge is -2.24. The van der Waals surface area contributed by atoms with Crippen molar-refractivity contribution in [1.29, 1.82) is 0 Å². The Kier molecular flexibility index (Phi) is 3.79. The largest absolute Gasteiger partial charge is 0.324 e. The van der Waals surface area contributed by atoms with Crippen molar-refractivity contribution in [3.8, 4) is 0 Å². The Hall–Kier alpha value is -0.940. The van der Waals surface area contributed by atoms with Gasteiger partial charge < -0.3 is 4.90 Å². The quantitative estimate of drug-likeness (QED) is 0.633. The average molecular weight is 240 g/mol. The highest BCUT2D eigenvalue weighted by Crippen LogP contribution is 2.12. The van der Waals surface area contributed by atoms with E-state index in [4.69, 9.17) is 0 Å². The second-order valence-electron chi connectivity index (χ2n) is 5.22. The molecule has 2 heterocycles. The van der Waals surface area contributed by atoms with Gasteiger partial charge in [-0.1, -0.05) is 0 Å². The monoisotopic (exact) mass is 240 g/mol. The Bertz CT molecular complexity index is 309. The van der Waals surface area contributed by atoms with E-state index in [1.165, 1.54) is 35.6 Å². The van der Waals surface area contributed by atoms with Crippen LogP contribution in [0.3, 0.4) is 0 Å². The van der Waals surface area contributed by atoms with Crippen LogP contribution in [0.2, 0.25) is 0 Å². The third-order valence-corrected chi connectivity index (χ3v) is 3.76. The predicted octanol–water partition coefficient (Wildman–Crippen LogP) is -0.951. The minimum absolute atomic E-state index is 0.0168. The van der Waals surface area contributed by atoms with Gasteiger partial charge in [0.2, 0.25) is 0 Å². The van der Waals surface area contributed by atoms with Crippen LogP contribution in [0.1, 0.15) is 32.1 Å². The number of rotatable bonds is 2. The minimum atomic E-state index is -0.136. The zero-order chi connectivity index (χ0) is 12.4. The van der Waals surface area contributed by atoms with Crippen LogP contribution in [-0.2, 0) is 9.59 Å². The molecule has 2 saturated heterocycles. The maximum absolute atomic E-state index is 12.2. The van der Waals surface area contributed by atoms with E-state index in [1.54, 1.807) is 19.1 Å². The molecule has 2 aliphatic rings. The van der Waals surface area contributed by atoms with Crippen molar-refractivity contribution in [3.63, 3.8) is 0 Å². The first kappa shape index (κ1) is 12.5. The molecule has 1 atom stereocenters. The molecule has 0 bridgehead atoms. The number of carbonyl (C=O) groups is 2. The number of nitrogens with one attached hydrogen (secondary N) is 1. The molecule has 5 nitrogen and oxygen atoms in total. The van der Waals surface area contributed by atoms with E-state index in [-0.39, 0.29) is 17.9 Å². The number of quaternary nitrogens is 1. The van der Waals surface area contributed by atoms with Crippen LogP contribution in [0.25, 0.3) is 0 Å². The molecule has 2 aliphatic heterocycles. The summed E-state index contributed by atoms with van der Waals surface area (Å²) in [6, 6.07) is -0.136. The van der Waals surface area contributed by atoms with Crippen LogP contribution in [-0.4, -0.2) is 55.1 Å². The third-order valence-electron chi connectivity index (χ3n) is 3.76. The molecule has 1 N–H and O–H groups in total. The fourth-order valence-electron chi connectivity index (χ4n) is 2.89. The van der Waals surface area contributed by atoms with Gasteiger partial charge >= 0.3 is 5.91 Å². The summed E-state index contributed by atoms with van der Waals surface area (Å²) in [5.74, 6) is -0.0707. The first-order chi connectivity index (χ1) is 8.11. The SMILES string of the molecule is CN(C)N1C(=O)CC([NH+]2CCCCCC2)C1=O. The average Bonchev–Trinajstić information content (AvgIpc) is 2.48. The van der Waals surface area contributed by atoms with Gasteiger partial charge in [0, 0.05) is 14.1 Å². The predicted molar refractivity (Wildman–Crippen MR) is 63.1 cm³/mol. The molecule has 2 amide bonds. The van der Waals surface area contributed by atoms with Crippen molar-refractivity contribution in [3.05, 3.63) is 0 Å². The second kappa shape index (κ2) is 5.14. The summed E-state index contributed by atoms with van der Waals surface area (Å²) in [5.41, 5.74) is 0. The van der Waals surface area contributed by atoms with Crippen molar-refractivity contribution in [2.75, 3.05) is 27.2 Å². The molecule has 5 heteroatoms. The molecule has 0 radical (unpaired) electrons. The van der Waals surface area contributed by atoms with Crippen molar-refractivity contribution < 1.29 is 14.5 Å². The maximum Gasteiger partial charge on any atom is 0.302 e.